The van der Waals surface area contributed by atoms with Crippen molar-refractivity contribution in [2.24, 2.45) is 7.05 Å². The highest BCUT2D eigenvalue weighted by atomic mass is 35.5. The van der Waals surface area contributed by atoms with Gasteiger partial charge in [0.05, 0.1) is 11.6 Å². The number of hydrogen-bond acceptors (Lipinski definition) is 6. The largest absolute Gasteiger partial charge is 0.492 e. The van der Waals surface area contributed by atoms with Crippen molar-refractivity contribution in [1.82, 2.24) is 25.5 Å². The van der Waals surface area contributed by atoms with Crippen LogP contribution in [0.4, 0.5) is 0 Å². The molecule has 0 fully saturated rings. The standard InChI is InChI=1S/C15H22ClN5OS/c1-3-8-22-14-6-5-12(10-13(14)16)11-17-7-4-9-23-15-18-19-20-21(15)2/h5-6,10,17H,3-4,7-9,11H2,1-2H3. The van der Waals surface area contributed by atoms with Crippen LogP contribution in [-0.4, -0.2) is 39.1 Å². The Morgan fingerprint density at radius 3 is 2.96 bits per heavy atom. The number of ether oxygens (including phenoxy) is 1. The van der Waals surface area contributed by atoms with Crippen molar-refractivity contribution in [3.63, 3.8) is 0 Å². The normalized spacial score (nSPS) is 10.9. The summed E-state index contributed by atoms with van der Waals surface area (Å²) < 4.78 is 7.25. The summed E-state index contributed by atoms with van der Waals surface area (Å²) in [6, 6.07) is 5.94. The van der Waals surface area contributed by atoms with Crippen molar-refractivity contribution in [3.05, 3.63) is 28.8 Å². The molecule has 126 valence electrons. The molecule has 0 aliphatic carbocycles. The zero-order chi connectivity index (χ0) is 16.5. The summed E-state index contributed by atoms with van der Waals surface area (Å²) in [7, 11) is 1.85. The Labute approximate surface area is 145 Å². The van der Waals surface area contributed by atoms with Crippen LogP contribution < -0.4 is 10.1 Å². The minimum Gasteiger partial charge on any atom is -0.492 e. The maximum Gasteiger partial charge on any atom is 0.209 e. The van der Waals surface area contributed by atoms with Gasteiger partial charge in [0.25, 0.3) is 0 Å². The van der Waals surface area contributed by atoms with Crippen molar-refractivity contribution < 1.29 is 4.74 Å². The molecule has 0 unspecified atom stereocenters. The molecule has 6 nitrogen and oxygen atoms in total. The number of tetrazole rings is 1. The second kappa shape index (κ2) is 9.75. The minimum atomic E-state index is 0.670. The van der Waals surface area contributed by atoms with Crippen LogP contribution in [0.25, 0.3) is 0 Å². The van der Waals surface area contributed by atoms with Crippen LogP contribution in [0.15, 0.2) is 23.4 Å². The van der Waals surface area contributed by atoms with E-state index in [1.54, 1.807) is 16.4 Å². The van der Waals surface area contributed by atoms with E-state index >= 15 is 0 Å². The molecule has 0 aliphatic rings. The van der Waals surface area contributed by atoms with Gasteiger partial charge in [-0.05, 0) is 47.5 Å². The van der Waals surface area contributed by atoms with Gasteiger partial charge in [-0.2, -0.15) is 0 Å². The third-order valence-electron chi connectivity index (χ3n) is 3.10. The number of nitrogens with one attached hydrogen (secondary N) is 1. The predicted octanol–water partition coefficient (Wildman–Crippen LogP) is 2.92. The van der Waals surface area contributed by atoms with Crippen molar-refractivity contribution >= 4 is 23.4 Å². The fourth-order valence-electron chi connectivity index (χ4n) is 1.92. The number of aromatic nitrogens is 4. The van der Waals surface area contributed by atoms with Crippen molar-refractivity contribution in [2.75, 3.05) is 18.9 Å². The zero-order valence-corrected chi connectivity index (χ0v) is 15.0. The number of hydrogen-bond donors (Lipinski definition) is 1. The highest BCUT2D eigenvalue weighted by Crippen LogP contribution is 2.25. The van der Waals surface area contributed by atoms with E-state index in [-0.39, 0.29) is 0 Å². The number of halogens is 1. The predicted molar refractivity (Wildman–Crippen MR) is 93.1 cm³/mol. The maximum absolute atomic E-state index is 6.22. The number of rotatable bonds is 10. The Balaban J connectivity index is 1.64. The second-order valence-electron chi connectivity index (χ2n) is 5.08. The number of nitrogens with zero attached hydrogens (tertiary/aromatic N) is 4. The Morgan fingerprint density at radius 2 is 2.26 bits per heavy atom. The molecule has 1 N–H and O–H groups in total. The van der Waals surface area contributed by atoms with Gasteiger partial charge in [-0.15, -0.1) is 5.10 Å². The Morgan fingerprint density at radius 1 is 1.39 bits per heavy atom. The van der Waals surface area contributed by atoms with E-state index in [9.17, 15) is 0 Å². The first-order valence-electron chi connectivity index (χ1n) is 7.67. The van der Waals surface area contributed by atoms with Crippen molar-refractivity contribution in [2.45, 2.75) is 31.5 Å². The van der Waals surface area contributed by atoms with Crippen LogP contribution in [-0.2, 0) is 13.6 Å². The molecule has 0 saturated heterocycles. The molecule has 8 heteroatoms. The van der Waals surface area contributed by atoms with E-state index in [1.807, 2.05) is 25.2 Å². The van der Waals surface area contributed by atoms with E-state index in [4.69, 9.17) is 16.3 Å². The molecule has 0 saturated carbocycles. The van der Waals surface area contributed by atoms with Gasteiger partial charge in [-0.25, -0.2) is 4.68 Å². The lowest BCUT2D eigenvalue weighted by Gasteiger charge is -2.09. The van der Waals surface area contributed by atoms with E-state index in [1.165, 1.54) is 0 Å². The Bertz CT molecular complexity index is 607. The van der Waals surface area contributed by atoms with Crippen molar-refractivity contribution in [1.29, 1.82) is 0 Å². The fourth-order valence-corrected chi connectivity index (χ4v) is 2.97. The smallest absolute Gasteiger partial charge is 0.209 e. The van der Waals surface area contributed by atoms with Crippen LogP contribution in [0.3, 0.4) is 0 Å². The summed E-state index contributed by atoms with van der Waals surface area (Å²) in [5, 5.41) is 16.3. The Hall–Kier alpha value is -1.31. The second-order valence-corrected chi connectivity index (χ2v) is 6.55. The molecular formula is C15H22ClN5OS. The first-order chi connectivity index (χ1) is 11.2. The van der Waals surface area contributed by atoms with Crippen molar-refractivity contribution in [3.8, 4) is 5.75 Å². The van der Waals surface area contributed by atoms with E-state index < -0.39 is 0 Å². The molecule has 0 spiro atoms. The van der Waals surface area contributed by atoms with E-state index in [2.05, 4.69) is 27.8 Å². The van der Waals surface area contributed by atoms with Gasteiger partial charge in [0, 0.05) is 19.3 Å². The molecule has 1 aromatic heterocycles. The fraction of sp³-hybridized carbons (Fsp3) is 0.533. The van der Waals surface area contributed by atoms with Gasteiger partial charge < -0.3 is 10.1 Å². The van der Waals surface area contributed by atoms with Crippen LogP contribution in [0, 0.1) is 0 Å². The molecule has 0 aliphatic heterocycles. The highest BCUT2D eigenvalue weighted by Gasteiger charge is 2.04. The summed E-state index contributed by atoms with van der Waals surface area (Å²) in [5.74, 6) is 1.73. The van der Waals surface area contributed by atoms with Gasteiger partial charge in [0.1, 0.15) is 5.75 Å². The van der Waals surface area contributed by atoms with Crippen LogP contribution in [0.5, 0.6) is 5.75 Å². The van der Waals surface area contributed by atoms with Gasteiger partial charge in [0.2, 0.25) is 5.16 Å². The monoisotopic (exact) mass is 355 g/mol. The molecule has 1 heterocycles. The number of aryl methyl sites for hydroxylation is 1. The minimum absolute atomic E-state index is 0.670. The first-order valence-corrected chi connectivity index (χ1v) is 9.04. The summed E-state index contributed by atoms with van der Waals surface area (Å²) in [6.07, 6.45) is 2.02. The highest BCUT2D eigenvalue weighted by molar-refractivity contribution is 7.99. The molecule has 1 aromatic carbocycles. The maximum atomic E-state index is 6.22. The lowest BCUT2D eigenvalue weighted by molar-refractivity contribution is 0.317. The molecule has 0 radical (unpaired) electrons. The molecule has 23 heavy (non-hydrogen) atoms. The average Bonchev–Trinajstić information content (AvgIpc) is 2.95. The first kappa shape index (κ1) is 18.0. The zero-order valence-electron chi connectivity index (χ0n) is 13.5. The Kier molecular flexibility index (Phi) is 7.64. The quantitative estimate of drug-likeness (QED) is 0.522. The summed E-state index contributed by atoms with van der Waals surface area (Å²) in [6.45, 7) is 4.50. The lowest BCUT2D eigenvalue weighted by Crippen LogP contribution is -2.15. The average molecular weight is 356 g/mol. The van der Waals surface area contributed by atoms with E-state index in [0.29, 0.717) is 11.6 Å². The van der Waals surface area contributed by atoms with Gasteiger partial charge in [-0.3, -0.25) is 0 Å². The molecule has 0 amide bonds. The molecule has 0 bridgehead atoms. The number of benzene rings is 1. The number of thioether (sulfide) groups is 1. The summed E-state index contributed by atoms with van der Waals surface area (Å²) >= 11 is 7.88. The van der Waals surface area contributed by atoms with Gasteiger partial charge in [-0.1, -0.05) is 36.4 Å². The third kappa shape index (κ3) is 6.01. The van der Waals surface area contributed by atoms with Crippen LogP contribution in [0.2, 0.25) is 5.02 Å². The SMILES string of the molecule is CCCOc1ccc(CNCCCSc2nnnn2C)cc1Cl. The lowest BCUT2D eigenvalue weighted by atomic mass is 10.2. The topological polar surface area (TPSA) is 64.9 Å². The molecule has 0 atom stereocenters. The van der Waals surface area contributed by atoms with Crippen LogP contribution >= 0.6 is 23.4 Å². The van der Waals surface area contributed by atoms with E-state index in [0.717, 1.165) is 48.2 Å². The summed E-state index contributed by atoms with van der Waals surface area (Å²) in [4.78, 5) is 0. The molecular weight excluding hydrogens is 334 g/mol. The summed E-state index contributed by atoms with van der Waals surface area (Å²) in [5.41, 5.74) is 1.16. The van der Waals surface area contributed by atoms with Gasteiger partial charge >= 0.3 is 0 Å². The molecule has 2 aromatic rings. The third-order valence-corrected chi connectivity index (χ3v) is 4.49. The van der Waals surface area contributed by atoms with Crippen LogP contribution in [0.1, 0.15) is 25.3 Å². The molecule has 2 rings (SSSR count). The van der Waals surface area contributed by atoms with Gasteiger partial charge in [0.15, 0.2) is 0 Å².